The number of aromatic amines is 1. The van der Waals surface area contributed by atoms with Crippen LogP contribution < -0.4 is 5.73 Å². The standard InChI is InChI=1S/C7H4F3N3/c8-2-1-3-6(5(10)4(2)9)13-7(11)12-3/h1H,(H3,11,12,13). The fraction of sp³-hybridized carbons (Fsp3) is 0. The van der Waals surface area contributed by atoms with E-state index in [1.807, 2.05) is 0 Å². The van der Waals surface area contributed by atoms with Crippen LogP contribution in [0.4, 0.5) is 19.1 Å². The van der Waals surface area contributed by atoms with Gasteiger partial charge in [-0.3, -0.25) is 0 Å². The topological polar surface area (TPSA) is 54.7 Å². The molecule has 0 atom stereocenters. The summed E-state index contributed by atoms with van der Waals surface area (Å²) in [5.74, 6) is -4.23. The Hall–Kier alpha value is -1.72. The predicted octanol–water partition coefficient (Wildman–Crippen LogP) is 1.56. The zero-order chi connectivity index (χ0) is 9.59. The highest BCUT2D eigenvalue weighted by molar-refractivity contribution is 5.77. The van der Waals surface area contributed by atoms with Crippen molar-refractivity contribution in [3.8, 4) is 0 Å². The summed E-state index contributed by atoms with van der Waals surface area (Å²) in [6.45, 7) is 0. The summed E-state index contributed by atoms with van der Waals surface area (Å²) in [5, 5.41) is 0. The van der Waals surface area contributed by atoms with E-state index in [4.69, 9.17) is 5.73 Å². The number of imidazole rings is 1. The molecular formula is C7H4F3N3. The van der Waals surface area contributed by atoms with Crippen LogP contribution >= 0.6 is 0 Å². The number of anilines is 1. The Bertz CT molecular complexity index is 477. The molecule has 0 aliphatic carbocycles. The summed E-state index contributed by atoms with van der Waals surface area (Å²) in [5.41, 5.74) is 4.92. The average Bonchev–Trinajstić information content (AvgIpc) is 2.42. The molecule has 2 rings (SSSR count). The Labute approximate surface area is 70.4 Å². The van der Waals surface area contributed by atoms with Crippen LogP contribution in [0.25, 0.3) is 11.0 Å². The molecule has 0 spiro atoms. The Morgan fingerprint density at radius 1 is 1.23 bits per heavy atom. The molecule has 0 saturated heterocycles. The van der Waals surface area contributed by atoms with Crippen LogP contribution in [0.1, 0.15) is 0 Å². The molecule has 68 valence electrons. The lowest BCUT2D eigenvalue weighted by Crippen LogP contribution is -1.91. The molecule has 0 saturated carbocycles. The van der Waals surface area contributed by atoms with Crippen molar-refractivity contribution >= 4 is 17.0 Å². The summed E-state index contributed by atoms with van der Waals surface area (Å²) in [6.07, 6.45) is 0. The van der Waals surface area contributed by atoms with Crippen LogP contribution in [0.5, 0.6) is 0 Å². The molecule has 1 heterocycles. The number of nitrogen functional groups attached to an aromatic ring is 1. The van der Waals surface area contributed by atoms with Gasteiger partial charge in [0.15, 0.2) is 23.4 Å². The van der Waals surface area contributed by atoms with Crippen molar-refractivity contribution in [2.45, 2.75) is 0 Å². The van der Waals surface area contributed by atoms with Crippen LogP contribution in [-0.2, 0) is 0 Å². The first-order chi connectivity index (χ1) is 6.09. The highest BCUT2D eigenvalue weighted by Gasteiger charge is 2.15. The number of nitrogens with one attached hydrogen (secondary N) is 1. The minimum absolute atomic E-state index is 0.0360. The number of nitrogens with zero attached hydrogens (tertiary/aromatic N) is 1. The number of benzene rings is 1. The summed E-state index contributed by atoms with van der Waals surface area (Å²) in [6, 6.07) is 0.803. The lowest BCUT2D eigenvalue weighted by atomic mass is 10.3. The van der Waals surface area contributed by atoms with Crippen molar-refractivity contribution in [3.05, 3.63) is 23.5 Å². The van der Waals surface area contributed by atoms with E-state index in [0.29, 0.717) is 0 Å². The zero-order valence-electron chi connectivity index (χ0n) is 6.24. The number of hydrogen-bond donors (Lipinski definition) is 2. The number of hydrogen-bond acceptors (Lipinski definition) is 2. The number of nitrogens with two attached hydrogens (primary N) is 1. The van der Waals surface area contributed by atoms with Crippen molar-refractivity contribution in [1.29, 1.82) is 0 Å². The predicted molar refractivity (Wildman–Crippen MR) is 40.4 cm³/mol. The molecule has 13 heavy (non-hydrogen) atoms. The molecule has 3 nitrogen and oxygen atoms in total. The van der Waals surface area contributed by atoms with Crippen molar-refractivity contribution in [1.82, 2.24) is 9.97 Å². The number of H-pyrrole nitrogens is 1. The summed E-state index contributed by atoms with van der Waals surface area (Å²) in [7, 11) is 0. The molecule has 0 radical (unpaired) electrons. The van der Waals surface area contributed by atoms with Gasteiger partial charge in [0.2, 0.25) is 0 Å². The quantitative estimate of drug-likeness (QED) is 0.615. The van der Waals surface area contributed by atoms with Gasteiger partial charge in [-0.25, -0.2) is 18.2 Å². The Morgan fingerprint density at radius 3 is 2.62 bits per heavy atom. The van der Waals surface area contributed by atoms with Gasteiger partial charge in [-0.2, -0.15) is 0 Å². The third-order valence-electron chi connectivity index (χ3n) is 1.63. The van der Waals surface area contributed by atoms with Crippen LogP contribution in [0.3, 0.4) is 0 Å². The van der Waals surface area contributed by atoms with E-state index in [1.54, 1.807) is 0 Å². The van der Waals surface area contributed by atoms with E-state index < -0.39 is 17.5 Å². The van der Waals surface area contributed by atoms with Gasteiger partial charge in [0, 0.05) is 6.07 Å². The van der Waals surface area contributed by atoms with Gasteiger partial charge in [0.1, 0.15) is 5.52 Å². The normalized spacial score (nSPS) is 11.0. The van der Waals surface area contributed by atoms with Gasteiger partial charge in [0.05, 0.1) is 5.52 Å². The van der Waals surface area contributed by atoms with E-state index in [0.717, 1.165) is 6.07 Å². The van der Waals surface area contributed by atoms with Gasteiger partial charge < -0.3 is 10.7 Å². The van der Waals surface area contributed by atoms with E-state index >= 15 is 0 Å². The third kappa shape index (κ3) is 1.02. The Kier molecular flexibility index (Phi) is 1.45. The molecule has 2 aromatic rings. The van der Waals surface area contributed by atoms with Crippen LogP contribution in [0.2, 0.25) is 0 Å². The molecule has 1 aromatic heterocycles. The molecular weight excluding hydrogens is 183 g/mol. The molecule has 0 amide bonds. The molecule has 0 bridgehead atoms. The molecule has 1 aromatic carbocycles. The van der Waals surface area contributed by atoms with Crippen molar-refractivity contribution < 1.29 is 13.2 Å². The molecule has 3 N–H and O–H groups in total. The van der Waals surface area contributed by atoms with Crippen molar-refractivity contribution in [2.75, 3.05) is 5.73 Å². The molecule has 0 aliphatic rings. The van der Waals surface area contributed by atoms with Gasteiger partial charge in [-0.05, 0) is 0 Å². The highest BCUT2D eigenvalue weighted by atomic mass is 19.2. The molecule has 0 fully saturated rings. The third-order valence-corrected chi connectivity index (χ3v) is 1.63. The second-order valence-electron chi connectivity index (χ2n) is 2.50. The molecule has 6 heteroatoms. The molecule has 0 aliphatic heterocycles. The fourth-order valence-electron chi connectivity index (χ4n) is 1.08. The van der Waals surface area contributed by atoms with Gasteiger partial charge >= 0.3 is 0 Å². The van der Waals surface area contributed by atoms with Gasteiger partial charge in [-0.15, -0.1) is 0 Å². The van der Waals surface area contributed by atoms with E-state index in [1.165, 1.54) is 0 Å². The Morgan fingerprint density at radius 2 is 1.92 bits per heavy atom. The summed E-state index contributed by atoms with van der Waals surface area (Å²) >= 11 is 0. The number of aromatic nitrogens is 2. The first kappa shape index (κ1) is 7.90. The van der Waals surface area contributed by atoms with Gasteiger partial charge in [0.25, 0.3) is 0 Å². The SMILES string of the molecule is Nc1nc2c(F)c(F)c(F)cc2[nH]1. The second kappa shape index (κ2) is 2.38. The average molecular weight is 187 g/mol. The number of halogens is 3. The van der Waals surface area contributed by atoms with Crippen LogP contribution in [0, 0.1) is 17.5 Å². The number of rotatable bonds is 0. The first-order valence-electron chi connectivity index (χ1n) is 3.38. The van der Waals surface area contributed by atoms with E-state index in [2.05, 4.69) is 9.97 Å². The van der Waals surface area contributed by atoms with Crippen molar-refractivity contribution in [2.24, 2.45) is 0 Å². The smallest absolute Gasteiger partial charge is 0.198 e. The molecule has 0 unspecified atom stereocenters. The second-order valence-corrected chi connectivity index (χ2v) is 2.50. The van der Waals surface area contributed by atoms with E-state index in [-0.39, 0.29) is 17.0 Å². The monoisotopic (exact) mass is 187 g/mol. The lowest BCUT2D eigenvalue weighted by Gasteiger charge is -1.94. The van der Waals surface area contributed by atoms with E-state index in [9.17, 15) is 13.2 Å². The maximum Gasteiger partial charge on any atom is 0.198 e. The number of fused-ring (bicyclic) bond motifs is 1. The highest BCUT2D eigenvalue weighted by Crippen LogP contribution is 2.21. The first-order valence-corrected chi connectivity index (χ1v) is 3.38. The van der Waals surface area contributed by atoms with Crippen LogP contribution in [-0.4, -0.2) is 9.97 Å². The van der Waals surface area contributed by atoms with Gasteiger partial charge in [-0.1, -0.05) is 0 Å². The fourth-order valence-corrected chi connectivity index (χ4v) is 1.08. The minimum atomic E-state index is -1.54. The minimum Gasteiger partial charge on any atom is -0.369 e. The zero-order valence-corrected chi connectivity index (χ0v) is 6.24. The largest absolute Gasteiger partial charge is 0.369 e. The van der Waals surface area contributed by atoms with Crippen molar-refractivity contribution in [3.63, 3.8) is 0 Å². The Balaban J connectivity index is 2.92. The lowest BCUT2D eigenvalue weighted by molar-refractivity contribution is 0.452. The summed E-state index contributed by atoms with van der Waals surface area (Å²) < 4.78 is 38.2. The maximum absolute atomic E-state index is 12.9. The maximum atomic E-state index is 12.9. The summed E-state index contributed by atoms with van der Waals surface area (Å²) in [4.78, 5) is 5.84. The van der Waals surface area contributed by atoms with Crippen LogP contribution in [0.15, 0.2) is 6.07 Å².